The quantitative estimate of drug-likeness (QED) is 0.434. The predicted octanol–water partition coefficient (Wildman–Crippen LogP) is 0.959. The Kier molecular flexibility index (Phi) is 5.31. The van der Waals surface area contributed by atoms with Crippen LogP contribution in [-0.2, 0) is 11.3 Å². The third-order valence-corrected chi connectivity index (χ3v) is 2.99. The van der Waals surface area contributed by atoms with Crippen molar-refractivity contribution in [2.24, 2.45) is 0 Å². The molecule has 0 spiro atoms. The summed E-state index contributed by atoms with van der Waals surface area (Å²) in [5.41, 5.74) is 0. The maximum atomic E-state index is 10.6. The van der Waals surface area contributed by atoms with Crippen molar-refractivity contribution in [3.8, 4) is 6.01 Å². The zero-order valence-corrected chi connectivity index (χ0v) is 11.6. The molecule has 8 nitrogen and oxygen atoms in total. The number of nitro groups is 1. The van der Waals surface area contributed by atoms with Gasteiger partial charge in [0.1, 0.15) is 12.8 Å². The molecule has 1 aromatic rings. The molecule has 1 unspecified atom stereocenters. The Morgan fingerprint density at radius 2 is 2.50 bits per heavy atom. The Morgan fingerprint density at radius 1 is 1.65 bits per heavy atom. The van der Waals surface area contributed by atoms with Crippen molar-refractivity contribution in [3.05, 3.63) is 16.3 Å². The topological polar surface area (TPSA) is 91.4 Å². The highest BCUT2D eigenvalue weighted by molar-refractivity contribution is 5.21. The summed E-state index contributed by atoms with van der Waals surface area (Å²) in [5, 5.41) is 14.0. The van der Waals surface area contributed by atoms with Crippen LogP contribution in [0.3, 0.4) is 0 Å². The lowest BCUT2D eigenvalue weighted by molar-refractivity contribution is -0.389. The summed E-state index contributed by atoms with van der Waals surface area (Å²) in [6.07, 6.45) is 3.38. The van der Waals surface area contributed by atoms with Crippen molar-refractivity contribution in [2.45, 2.75) is 32.4 Å². The normalized spacial score (nSPS) is 17.6. The molecule has 1 N–H and O–H groups in total. The average Bonchev–Trinajstić information content (AvgIpc) is 2.86. The fourth-order valence-corrected chi connectivity index (χ4v) is 2.04. The first-order valence-electron chi connectivity index (χ1n) is 6.86. The average molecular weight is 284 g/mol. The highest BCUT2D eigenvalue weighted by Crippen LogP contribution is 2.21. The van der Waals surface area contributed by atoms with Crippen LogP contribution in [-0.4, -0.2) is 46.9 Å². The van der Waals surface area contributed by atoms with Crippen molar-refractivity contribution in [1.29, 1.82) is 0 Å². The summed E-state index contributed by atoms with van der Waals surface area (Å²) in [7, 11) is 0. The van der Waals surface area contributed by atoms with Crippen LogP contribution < -0.4 is 10.1 Å². The molecular formula is C12H20N4O4. The first-order valence-corrected chi connectivity index (χ1v) is 6.86. The molecule has 0 fully saturated rings. The number of aromatic nitrogens is 2. The molecule has 20 heavy (non-hydrogen) atoms. The van der Waals surface area contributed by atoms with E-state index in [4.69, 9.17) is 9.47 Å². The monoisotopic (exact) mass is 284 g/mol. The minimum atomic E-state index is -0.512. The molecule has 0 radical (unpaired) electrons. The Morgan fingerprint density at radius 3 is 3.25 bits per heavy atom. The number of imidazole rings is 1. The minimum Gasteiger partial charge on any atom is -0.444 e. The van der Waals surface area contributed by atoms with E-state index >= 15 is 0 Å². The summed E-state index contributed by atoms with van der Waals surface area (Å²) in [5.74, 6) is -0.173. The van der Waals surface area contributed by atoms with Crippen molar-refractivity contribution in [3.63, 3.8) is 0 Å². The summed E-state index contributed by atoms with van der Waals surface area (Å²) < 4.78 is 12.5. The van der Waals surface area contributed by atoms with Gasteiger partial charge < -0.3 is 24.9 Å². The lowest BCUT2D eigenvalue weighted by Gasteiger charge is -2.23. The van der Waals surface area contributed by atoms with E-state index in [1.54, 1.807) is 4.57 Å². The Labute approximate surface area is 117 Å². The van der Waals surface area contributed by atoms with Gasteiger partial charge in [-0.1, -0.05) is 6.92 Å². The van der Waals surface area contributed by atoms with Gasteiger partial charge in [0.15, 0.2) is 0 Å². The maximum absolute atomic E-state index is 10.6. The molecule has 8 heteroatoms. The van der Waals surface area contributed by atoms with E-state index in [1.165, 1.54) is 6.20 Å². The van der Waals surface area contributed by atoms with E-state index in [-0.39, 0.29) is 11.9 Å². The maximum Gasteiger partial charge on any atom is 0.414 e. The SMILES string of the molecule is CCCOCCCNC1COc2nc([N+](=O)[O-])cn2C1. The van der Waals surface area contributed by atoms with Crippen LogP contribution in [0.15, 0.2) is 6.20 Å². The number of rotatable bonds is 8. The van der Waals surface area contributed by atoms with Crippen LogP contribution in [0, 0.1) is 10.1 Å². The molecule has 2 heterocycles. The van der Waals surface area contributed by atoms with Gasteiger partial charge >= 0.3 is 11.8 Å². The molecule has 0 saturated carbocycles. The molecule has 0 saturated heterocycles. The molecule has 0 bridgehead atoms. The van der Waals surface area contributed by atoms with Crippen molar-refractivity contribution in [2.75, 3.05) is 26.4 Å². The standard InChI is InChI=1S/C12H20N4O4/c1-2-5-19-6-3-4-13-10-7-15-8-11(16(17)18)14-12(15)20-9-10/h8,10,13H,2-7,9H2,1H3. The lowest BCUT2D eigenvalue weighted by Crippen LogP contribution is -2.42. The second kappa shape index (κ2) is 7.20. The smallest absolute Gasteiger partial charge is 0.414 e. The largest absolute Gasteiger partial charge is 0.444 e. The Hall–Kier alpha value is -1.67. The van der Waals surface area contributed by atoms with Gasteiger partial charge in [0, 0.05) is 24.7 Å². The highest BCUT2D eigenvalue weighted by atomic mass is 16.6. The van der Waals surface area contributed by atoms with Crippen LogP contribution in [0.2, 0.25) is 0 Å². The third-order valence-electron chi connectivity index (χ3n) is 2.99. The molecular weight excluding hydrogens is 264 g/mol. The highest BCUT2D eigenvalue weighted by Gasteiger charge is 2.27. The number of nitrogens with zero attached hydrogens (tertiary/aromatic N) is 3. The third kappa shape index (κ3) is 3.91. The van der Waals surface area contributed by atoms with E-state index in [1.807, 2.05) is 0 Å². The molecule has 1 aliphatic heterocycles. The van der Waals surface area contributed by atoms with Crippen LogP contribution in [0.4, 0.5) is 5.82 Å². The fourth-order valence-electron chi connectivity index (χ4n) is 2.04. The molecule has 2 rings (SSSR count). The molecule has 0 aliphatic carbocycles. The molecule has 1 aliphatic rings. The van der Waals surface area contributed by atoms with E-state index in [2.05, 4.69) is 17.2 Å². The summed E-state index contributed by atoms with van der Waals surface area (Å²) >= 11 is 0. The van der Waals surface area contributed by atoms with Gasteiger partial charge in [0.2, 0.25) is 0 Å². The molecule has 0 amide bonds. The molecule has 1 aromatic heterocycles. The van der Waals surface area contributed by atoms with Gasteiger partial charge in [0.25, 0.3) is 0 Å². The lowest BCUT2D eigenvalue weighted by atomic mass is 10.2. The van der Waals surface area contributed by atoms with Crippen LogP contribution >= 0.6 is 0 Å². The molecule has 0 aromatic carbocycles. The van der Waals surface area contributed by atoms with E-state index in [0.717, 1.165) is 32.6 Å². The number of hydrogen-bond acceptors (Lipinski definition) is 6. The molecule has 1 atom stereocenters. The summed E-state index contributed by atoms with van der Waals surface area (Å²) in [4.78, 5) is 13.9. The van der Waals surface area contributed by atoms with Gasteiger partial charge in [-0.05, 0) is 24.3 Å². The second-order valence-electron chi connectivity index (χ2n) is 4.72. The van der Waals surface area contributed by atoms with Gasteiger partial charge in [0.05, 0.1) is 6.04 Å². The van der Waals surface area contributed by atoms with Crippen molar-refractivity contribution >= 4 is 5.82 Å². The van der Waals surface area contributed by atoms with Gasteiger partial charge in [-0.25, -0.2) is 0 Å². The van der Waals surface area contributed by atoms with Gasteiger partial charge in [-0.3, -0.25) is 4.57 Å². The fraction of sp³-hybridized carbons (Fsp3) is 0.750. The Bertz CT molecular complexity index is 449. The molecule has 112 valence electrons. The second-order valence-corrected chi connectivity index (χ2v) is 4.72. The zero-order valence-electron chi connectivity index (χ0n) is 11.6. The van der Waals surface area contributed by atoms with Crippen LogP contribution in [0.5, 0.6) is 6.01 Å². The van der Waals surface area contributed by atoms with Crippen molar-refractivity contribution in [1.82, 2.24) is 14.9 Å². The van der Waals surface area contributed by atoms with E-state index < -0.39 is 4.92 Å². The predicted molar refractivity (Wildman–Crippen MR) is 71.9 cm³/mol. The minimum absolute atomic E-state index is 0.141. The van der Waals surface area contributed by atoms with Gasteiger partial charge in [-0.2, -0.15) is 0 Å². The number of nitrogens with one attached hydrogen (secondary N) is 1. The number of fused-ring (bicyclic) bond motifs is 1. The zero-order chi connectivity index (χ0) is 14.4. The Balaban J connectivity index is 1.72. The summed E-state index contributed by atoms with van der Waals surface area (Å²) in [6.45, 7) is 5.57. The number of hydrogen-bond donors (Lipinski definition) is 1. The first kappa shape index (κ1) is 14.7. The number of ether oxygens (including phenoxy) is 2. The van der Waals surface area contributed by atoms with Crippen molar-refractivity contribution < 1.29 is 14.4 Å². The van der Waals surface area contributed by atoms with Crippen LogP contribution in [0.1, 0.15) is 19.8 Å². The first-order chi connectivity index (χ1) is 9.70. The summed E-state index contributed by atoms with van der Waals surface area (Å²) in [6, 6.07) is 0.462. The van der Waals surface area contributed by atoms with E-state index in [9.17, 15) is 10.1 Å². The van der Waals surface area contributed by atoms with Crippen LogP contribution in [0.25, 0.3) is 0 Å². The van der Waals surface area contributed by atoms with E-state index in [0.29, 0.717) is 19.2 Å². The van der Waals surface area contributed by atoms with Gasteiger partial charge in [-0.15, -0.1) is 0 Å².